The topological polar surface area (TPSA) is 70.4 Å². The van der Waals surface area contributed by atoms with Gasteiger partial charge in [0.05, 0.1) is 0 Å². The molecule has 1 unspecified atom stereocenters. The van der Waals surface area contributed by atoms with E-state index in [0.29, 0.717) is 5.92 Å². The van der Waals surface area contributed by atoms with Crippen molar-refractivity contribution in [2.24, 2.45) is 10.9 Å². The van der Waals surface area contributed by atoms with Gasteiger partial charge in [-0.15, -0.1) is 10.2 Å². The molecule has 0 saturated carbocycles. The largest absolute Gasteiger partial charge is 0.371 e. The van der Waals surface area contributed by atoms with E-state index in [4.69, 9.17) is 0 Å². The lowest BCUT2D eigenvalue weighted by molar-refractivity contribution is 0.508. The maximum Gasteiger partial charge on any atom is 0.191 e. The third-order valence-corrected chi connectivity index (χ3v) is 4.99. The van der Waals surface area contributed by atoms with E-state index in [2.05, 4.69) is 37.6 Å². The number of hydrogen-bond donors (Lipinski definition) is 2. The quantitative estimate of drug-likeness (QED) is 0.557. The van der Waals surface area contributed by atoms with Gasteiger partial charge in [-0.3, -0.25) is 4.99 Å². The number of benzene rings is 1. The fourth-order valence-electron chi connectivity index (χ4n) is 3.41. The Bertz CT molecular complexity index is 805. The fourth-order valence-corrected chi connectivity index (χ4v) is 3.41. The summed E-state index contributed by atoms with van der Waals surface area (Å²) in [6.45, 7) is 5.94. The van der Waals surface area contributed by atoms with Crippen LogP contribution in [0.25, 0.3) is 0 Å². The molecule has 7 nitrogen and oxygen atoms in total. The number of nitrogens with one attached hydrogen (secondary N) is 2. The van der Waals surface area contributed by atoms with Gasteiger partial charge in [0.25, 0.3) is 0 Å². The van der Waals surface area contributed by atoms with Crippen molar-refractivity contribution in [2.45, 2.75) is 26.3 Å². The smallest absolute Gasteiger partial charge is 0.191 e. The number of aliphatic imine (C=N–C) groups is 1. The fraction of sp³-hybridized carbons (Fsp3) is 0.526. The van der Waals surface area contributed by atoms with Crippen LogP contribution in [0.3, 0.4) is 0 Å². The van der Waals surface area contributed by atoms with E-state index in [-0.39, 0.29) is 0 Å². The molecule has 1 atom stereocenters. The van der Waals surface area contributed by atoms with Crippen molar-refractivity contribution >= 4 is 11.6 Å². The number of hydrogen-bond acceptors (Lipinski definition) is 4. The first-order valence-electron chi connectivity index (χ1n) is 9.62. The Balaban J connectivity index is 1.42. The highest BCUT2D eigenvalue weighted by Gasteiger charge is 2.23. The van der Waals surface area contributed by atoms with Crippen molar-refractivity contribution in [3.8, 4) is 0 Å². The summed E-state index contributed by atoms with van der Waals surface area (Å²) in [5, 5.41) is 14.7. The summed E-state index contributed by atoms with van der Waals surface area (Å²) in [4.78, 5) is 6.34. The van der Waals surface area contributed by atoms with E-state index in [0.717, 1.165) is 63.0 Å². The lowest BCUT2D eigenvalue weighted by Crippen LogP contribution is -2.41. The van der Waals surface area contributed by atoms with Crippen LogP contribution < -0.4 is 15.5 Å². The van der Waals surface area contributed by atoms with Gasteiger partial charge in [-0.1, -0.05) is 6.92 Å². The molecule has 0 aliphatic carbocycles. The van der Waals surface area contributed by atoms with Crippen LogP contribution in [0.5, 0.6) is 0 Å². The number of guanidine groups is 1. The monoisotopic (exact) mass is 391 g/mol. The molecule has 0 amide bonds. The number of aryl methyl sites for hydroxylation is 1. The maximum absolute atomic E-state index is 13.4. The van der Waals surface area contributed by atoms with Crippen molar-refractivity contribution in [3.05, 3.63) is 42.0 Å². The Labute approximate surface area is 163 Å². The van der Waals surface area contributed by atoms with Gasteiger partial charge in [0.2, 0.25) is 0 Å². The Morgan fingerprint density at radius 3 is 2.89 bits per heavy atom. The second-order valence-electron chi connectivity index (χ2n) is 6.87. The molecule has 9 heteroatoms. The van der Waals surface area contributed by atoms with Gasteiger partial charge in [0.1, 0.15) is 12.2 Å². The highest BCUT2D eigenvalue weighted by Crippen LogP contribution is 2.24. The van der Waals surface area contributed by atoms with Gasteiger partial charge in [-0.2, -0.15) is 0 Å². The van der Waals surface area contributed by atoms with E-state index < -0.39 is 11.6 Å². The number of halogens is 2. The number of anilines is 1. The van der Waals surface area contributed by atoms with Crippen molar-refractivity contribution in [2.75, 3.05) is 38.1 Å². The third-order valence-electron chi connectivity index (χ3n) is 4.99. The van der Waals surface area contributed by atoms with Gasteiger partial charge in [0.15, 0.2) is 17.6 Å². The second-order valence-corrected chi connectivity index (χ2v) is 6.87. The molecule has 0 radical (unpaired) electrons. The predicted octanol–water partition coefficient (Wildman–Crippen LogP) is 1.81. The Morgan fingerprint density at radius 2 is 2.14 bits per heavy atom. The molecule has 0 spiro atoms. The summed E-state index contributed by atoms with van der Waals surface area (Å²) < 4.78 is 28.6. The van der Waals surface area contributed by atoms with E-state index >= 15 is 0 Å². The van der Waals surface area contributed by atoms with Gasteiger partial charge in [-0.25, -0.2) is 8.78 Å². The standard InChI is InChI=1S/C19H27F2N7/c1-3-18-26-25-13-28(18)9-7-23-19(22-2)24-11-14-6-8-27(12-14)15-4-5-16(20)17(21)10-15/h4-5,10,13-14H,3,6-9,11-12H2,1-2H3,(H2,22,23,24). The molecule has 2 N–H and O–H groups in total. The highest BCUT2D eigenvalue weighted by atomic mass is 19.2. The molecule has 1 aromatic heterocycles. The lowest BCUT2D eigenvalue weighted by atomic mass is 10.1. The molecule has 3 rings (SSSR count). The third kappa shape index (κ3) is 4.96. The van der Waals surface area contributed by atoms with Gasteiger partial charge in [-0.05, 0) is 24.5 Å². The highest BCUT2D eigenvalue weighted by molar-refractivity contribution is 5.79. The molecule has 1 aliphatic rings. The van der Waals surface area contributed by atoms with E-state index in [1.165, 1.54) is 12.1 Å². The predicted molar refractivity (Wildman–Crippen MR) is 105 cm³/mol. The van der Waals surface area contributed by atoms with Gasteiger partial charge in [0, 0.05) is 57.9 Å². The Hall–Kier alpha value is -2.71. The van der Waals surface area contributed by atoms with Crippen LogP contribution in [0.4, 0.5) is 14.5 Å². The molecule has 2 heterocycles. The zero-order valence-electron chi connectivity index (χ0n) is 16.3. The van der Waals surface area contributed by atoms with Crippen LogP contribution in [0, 0.1) is 17.6 Å². The number of rotatable bonds is 7. The average Bonchev–Trinajstić information content (AvgIpc) is 3.36. The molecular weight excluding hydrogens is 364 g/mol. The van der Waals surface area contributed by atoms with Crippen molar-refractivity contribution in [1.29, 1.82) is 0 Å². The summed E-state index contributed by atoms with van der Waals surface area (Å²) in [6.07, 6.45) is 3.58. The molecule has 28 heavy (non-hydrogen) atoms. The van der Waals surface area contributed by atoms with E-state index in [9.17, 15) is 8.78 Å². The molecule has 2 aromatic rings. The second kappa shape index (κ2) is 9.48. The van der Waals surface area contributed by atoms with Crippen LogP contribution in [0.2, 0.25) is 0 Å². The molecule has 1 aromatic carbocycles. The van der Waals surface area contributed by atoms with Crippen LogP contribution in [-0.2, 0) is 13.0 Å². The number of nitrogens with zero attached hydrogens (tertiary/aromatic N) is 5. The van der Waals surface area contributed by atoms with Crippen LogP contribution >= 0.6 is 0 Å². The minimum atomic E-state index is -0.812. The van der Waals surface area contributed by atoms with Gasteiger partial charge < -0.3 is 20.1 Å². The van der Waals surface area contributed by atoms with Crippen molar-refractivity contribution in [3.63, 3.8) is 0 Å². The zero-order chi connectivity index (χ0) is 19.9. The SMILES string of the molecule is CCc1nncn1CCNC(=NC)NCC1CCN(c2ccc(F)c(F)c2)C1. The molecule has 1 saturated heterocycles. The maximum atomic E-state index is 13.4. The minimum Gasteiger partial charge on any atom is -0.371 e. The average molecular weight is 391 g/mol. The first-order valence-corrected chi connectivity index (χ1v) is 9.62. The normalized spacial score (nSPS) is 17.2. The molecule has 1 aliphatic heterocycles. The van der Waals surface area contributed by atoms with Gasteiger partial charge >= 0.3 is 0 Å². The summed E-state index contributed by atoms with van der Waals surface area (Å²) in [5.41, 5.74) is 0.726. The minimum absolute atomic E-state index is 0.413. The molecular formula is C19H27F2N7. The van der Waals surface area contributed by atoms with Crippen molar-refractivity contribution in [1.82, 2.24) is 25.4 Å². The Kier molecular flexibility index (Phi) is 6.78. The van der Waals surface area contributed by atoms with E-state index in [1.54, 1.807) is 19.4 Å². The number of aromatic nitrogens is 3. The molecule has 0 bridgehead atoms. The van der Waals surface area contributed by atoms with Crippen LogP contribution in [0.1, 0.15) is 19.2 Å². The van der Waals surface area contributed by atoms with Crippen LogP contribution in [-0.4, -0.2) is 54.0 Å². The van der Waals surface area contributed by atoms with Crippen molar-refractivity contribution < 1.29 is 8.78 Å². The first-order chi connectivity index (χ1) is 13.6. The summed E-state index contributed by atoms with van der Waals surface area (Å²) in [7, 11) is 1.74. The summed E-state index contributed by atoms with van der Waals surface area (Å²) >= 11 is 0. The van der Waals surface area contributed by atoms with Crippen LogP contribution in [0.15, 0.2) is 29.5 Å². The zero-order valence-corrected chi connectivity index (χ0v) is 16.3. The lowest BCUT2D eigenvalue weighted by Gasteiger charge is -2.19. The van der Waals surface area contributed by atoms with E-state index in [1.807, 2.05) is 4.57 Å². The first kappa shape index (κ1) is 20.0. The Morgan fingerprint density at radius 1 is 1.29 bits per heavy atom. The molecule has 1 fully saturated rings. The summed E-state index contributed by atoms with van der Waals surface area (Å²) in [6, 6.07) is 4.08. The molecule has 152 valence electrons. The summed E-state index contributed by atoms with van der Waals surface area (Å²) in [5.74, 6) is 0.512.